The average Bonchev–Trinajstić information content (AvgIpc) is 2.32. The van der Waals surface area contributed by atoms with Crippen LogP contribution in [-0.4, -0.2) is 30.5 Å². The summed E-state index contributed by atoms with van der Waals surface area (Å²) in [6.45, 7) is 1.17. The molecule has 1 aromatic carbocycles. The molecular weight excluding hydrogens is 239 g/mol. The fraction of sp³-hybridized carbons (Fsp3) is 0.417. The summed E-state index contributed by atoms with van der Waals surface area (Å²) in [5, 5.41) is 2.81. The van der Waals surface area contributed by atoms with Gasteiger partial charge in [-0.3, -0.25) is 4.79 Å². The Bertz CT molecular complexity index is 343. The smallest absolute Gasteiger partial charge is 0.230 e. The van der Waals surface area contributed by atoms with Gasteiger partial charge in [0.05, 0.1) is 5.75 Å². The minimum atomic E-state index is -0.240. The van der Waals surface area contributed by atoms with Crippen molar-refractivity contribution in [1.82, 2.24) is 5.32 Å². The molecule has 0 aliphatic heterocycles. The summed E-state index contributed by atoms with van der Waals surface area (Å²) in [5.74, 6) is 1.02. The van der Waals surface area contributed by atoms with E-state index in [1.807, 2.05) is 0 Å². The van der Waals surface area contributed by atoms with Crippen LogP contribution in [0.25, 0.3) is 0 Å². The average molecular weight is 256 g/mol. The molecule has 0 atom stereocenters. The summed E-state index contributed by atoms with van der Waals surface area (Å²) in [4.78, 5) is 11.3. The Kier molecular flexibility index (Phi) is 6.65. The van der Waals surface area contributed by atoms with E-state index in [1.54, 1.807) is 12.1 Å². The van der Waals surface area contributed by atoms with Crippen LogP contribution in [0.5, 0.6) is 0 Å². The van der Waals surface area contributed by atoms with Crippen LogP contribution in [0.2, 0.25) is 0 Å². The number of carbonyl (C=O) groups is 1. The molecule has 0 fully saturated rings. The number of amides is 1. The summed E-state index contributed by atoms with van der Waals surface area (Å²) in [7, 11) is 0. The zero-order chi connectivity index (χ0) is 12.5. The first kappa shape index (κ1) is 14.0. The van der Waals surface area contributed by atoms with E-state index in [4.69, 9.17) is 5.73 Å². The highest BCUT2D eigenvalue weighted by atomic mass is 32.2. The molecule has 0 saturated heterocycles. The number of benzene rings is 1. The third-order valence-electron chi connectivity index (χ3n) is 2.14. The normalized spacial score (nSPS) is 10.2. The maximum absolute atomic E-state index is 12.6. The zero-order valence-electron chi connectivity index (χ0n) is 9.62. The van der Waals surface area contributed by atoms with Gasteiger partial charge in [0.2, 0.25) is 5.91 Å². The Balaban J connectivity index is 2.14. The van der Waals surface area contributed by atoms with Crippen molar-refractivity contribution in [2.45, 2.75) is 6.42 Å². The Labute approximate surface area is 105 Å². The van der Waals surface area contributed by atoms with E-state index >= 15 is 0 Å². The van der Waals surface area contributed by atoms with Gasteiger partial charge in [-0.15, -0.1) is 0 Å². The zero-order valence-corrected chi connectivity index (χ0v) is 10.4. The Hall–Kier alpha value is -1.07. The van der Waals surface area contributed by atoms with E-state index in [1.165, 1.54) is 23.9 Å². The van der Waals surface area contributed by atoms with Crippen LogP contribution in [0.1, 0.15) is 5.56 Å². The highest BCUT2D eigenvalue weighted by Gasteiger charge is 2.00. The monoisotopic (exact) mass is 256 g/mol. The SMILES string of the molecule is NCCSCC(=O)NCCc1ccc(F)cc1. The molecule has 0 radical (unpaired) electrons. The molecular formula is C12H17FN2OS. The van der Waals surface area contributed by atoms with E-state index in [2.05, 4.69) is 5.32 Å². The van der Waals surface area contributed by atoms with E-state index in [-0.39, 0.29) is 11.7 Å². The third-order valence-corrected chi connectivity index (χ3v) is 3.14. The lowest BCUT2D eigenvalue weighted by Crippen LogP contribution is -2.27. The fourth-order valence-electron chi connectivity index (χ4n) is 1.30. The Morgan fingerprint density at radius 3 is 2.71 bits per heavy atom. The first-order valence-electron chi connectivity index (χ1n) is 5.51. The largest absolute Gasteiger partial charge is 0.355 e. The van der Waals surface area contributed by atoms with E-state index in [9.17, 15) is 9.18 Å². The fourth-order valence-corrected chi connectivity index (χ4v) is 1.90. The molecule has 1 aromatic rings. The molecule has 0 unspecified atom stereocenters. The van der Waals surface area contributed by atoms with Gasteiger partial charge in [-0.1, -0.05) is 12.1 Å². The molecule has 5 heteroatoms. The van der Waals surface area contributed by atoms with E-state index in [0.717, 1.165) is 11.3 Å². The predicted octanol–water partition coefficient (Wildman–Crippen LogP) is 1.18. The molecule has 0 spiro atoms. The van der Waals surface area contributed by atoms with Crippen LogP contribution in [0.15, 0.2) is 24.3 Å². The number of nitrogens with two attached hydrogens (primary N) is 1. The van der Waals surface area contributed by atoms with Crippen LogP contribution in [0.4, 0.5) is 4.39 Å². The minimum absolute atomic E-state index is 0.0190. The lowest BCUT2D eigenvalue weighted by atomic mass is 10.1. The van der Waals surface area contributed by atoms with Gasteiger partial charge in [-0.25, -0.2) is 4.39 Å². The number of carbonyl (C=O) groups excluding carboxylic acids is 1. The van der Waals surface area contributed by atoms with Crippen molar-refractivity contribution in [3.05, 3.63) is 35.6 Å². The van der Waals surface area contributed by atoms with Crippen molar-refractivity contribution in [1.29, 1.82) is 0 Å². The number of halogens is 1. The summed E-state index contributed by atoms with van der Waals surface area (Å²) < 4.78 is 12.6. The van der Waals surface area contributed by atoms with Crippen molar-refractivity contribution >= 4 is 17.7 Å². The topological polar surface area (TPSA) is 55.1 Å². The standard InChI is InChI=1S/C12H17FN2OS/c13-11-3-1-10(2-4-11)5-7-15-12(16)9-17-8-6-14/h1-4H,5-9,14H2,(H,15,16). The van der Waals surface area contributed by atoms with Gasteiger partial charge in [-0.05, 0) is 24.1 Å². The molecule has 3 N–H and O–H groups in total. The molecule has 0 bridgehead atoms. The number of hydrogen-bond acceptors (Lipinski definition) is 3. The predicted molar refractivity (Wildman–Crippen MR) is 69.5 cm³/mol. The highest BCUT2D eigenvalue weighted by molar-refractivity contribution is 7.99. The lowest BCUT2D eigenvalue weighted by molar-refractivity contribution is -0.118. The minimum Gasteiger partial charge on any atom is -0.355 e. The van der Waals surface area contributed by atoms with Crippen LogP contribution in [0, 0.1) is 5.82 Å². The second-order valence-electron chi connectivity index (χ2n) is 3.57. The van der Waals surface area contributed by atoms with E-state index < -0.39 is 0 Å². The van der Waals surface area contributed by atoms with Gasteiger partial charge in [0.15, 0.2) is 0 Å². The number of rotatable bonds is 7. The Morgan fingerprint density at radius 2 is 2.06 bits per heavy atom. The van der Waals surface area contributed by atoms with Crippen LogP contribution in [-0.2, 0) is 11.2 Å². The summed E-state index contributed by atoms with van der Waals surface area (Å²) in [6, 6.07) is 6.30. The van der Waals surface area contributed by atoms with Crippen molar-refractivity contribution in [3.63, 3.8) is 0 Å². The summed E-state index contributed by atoms with van der Waals surface area (Å²) in [5.41, 5.74) is 6.33. The van der Waals surface area contributed by atoms with Gasteiger partial charge in [0, 0.05) is 18.8 Å². The van der Waals surface area contributed by atoms with Crippen LogP contribution in [0.3, 0.4) is 0 Å². The molecule has 1 rings (SSSR count). The Morgan fingerprint density at radius 1 is 1.35 bits per heavy atom. The van der Waals surface area contributed by atoms with Crippen LogP contribution >= 0.6 is 11.8 Å². The van der Waals surface area contributed by atoms with Gasteiger partial charge < -0.3 is 11.1 Å². The first-order chi connectivity index (χ1) is 8.22. The number of nitrogens with one attached hydrogen (secondary N) is 1. The lowest BCUT2D eigenvalue weighted by Gasteiger charge is -2.05. The van der Waals surface area contributed by atoms with Crippen molar-refractivity contribution < 1.29 is 9.18 Å². The molecule has 17 heavy (non-hydrogen) atoms. The van der Waals surface area contributed by atoms with Crippen molar-refractivity contribution in [3.8, 4) is 0 Å². The number of thioether (sulfide) groups is 1. The first-order valence-corrected chi connectivity index (χ1v) is 6.67. The second kappa shape index (κ2) is 8.08. The maximum Gasteiger partial charge on any atom is 0.230 e. The van der Waals surface area contributed by atoms with Gasteiger partial charge >= 0.3 is 0 Å². The van der Waals surface area contributed by atoms with E-state index in [0.29, 0.717) is 25.3 Å². The van der Waals surface area contributed by atoms with Crippen LogP contribution < -0.4 is 11.1 Å². The maximum atomic E-state index is 12.6. The molecule has 0 saturated carbocycles. The summed E-state index contributed by atoms with van der Waals surface area (Å²) >= 11 is 1.52. The quantitative estimate of drug-likeness (QED) is 0.720. The molecule has 3 nitrogen and oxygen atoms in total. The molecule has 0 aliphatic rings. The summed E-state index contributed by atoms with van der Waals surface area (Å²) in [6.07, 6.45) is 0.716. The highest BCUT2D eigenvalue weighted by Crippen LogP contribution is 2.03. The number of hydrogen-bond donors (Lipinski definition) is 2. The molecule has 0 aliphatic carbocycles. The van der Waals surface area contributed by atoms with Crippen molar-refractivity contribution in [2.75, 3.05) is 24.6 Å². The van der Waals surface area contributed by atoms with Gasteiger partial charge in [-0.2, -0.15) is 11.8 Å². The molecule has 94 valence electrons. The third kappa shape index (κ3) is 6.28. The van der Waals surface area contributed by atoms with Crippen molar-refractivity contribution in [2.24, 2.45) is 5.73 Å². The molecule has 0 aromatic heterocycles. The molecule has 0 heterocycles. The second-order valence-corrected chi connectivity index (χ2v) is 4.67. The van der Waals surface area contributed by atoms with Gasteiger partial charge in [0.25, 0.3) is 0 Å². The molecule has 1 amide bonds. The van der Waals surface area contributed by atoms with Gasteiger partial charge in [0.1, 0.15) is 5.82 Å².